The predicted octanol–water partition coefficient (Wildman–Crippen LogP) is 2.66. The van der Waals surface area contributed by atoms with E-state index in [2.05, 4.69) is 0 Å². The lowest BCUT2D eigenvalue weighted by Gasteiger charge is -2.32. The molecule has 1 aromatic rings. The minimum absolute atomic E-state index is 0.0248. The fourth-order valence-electron chi connectivity index (χ4n) is 2.38. The highest BCUT2D eigenvalue weighted by atomic mass is 35.5. The summed E-state index contributed by atoms with van der Waals surface area (Å²) in [5, 5.41) is 19.0. The number of hydrogen-bond acceptors (Lipinski definition) is 3. The summed E-state index contributed by atoms with van der Waals surface area (Å²) in [5.41, 5.74) is 0.618. The molecule has 1 aliphatic rings. The highest BCUT2D eigenvalue weighted by Crippen LogP contribution is 2.30. The van der Waals surface area contributed by atoms with E-state index in [0.29, 0.717) is 5.56 Å². The first-order valence-electron chi connectivity index (χ1n) is 6.05. The Morgan fingerprint density at radius 3 is 2.50 bits per heavy atom. The Hall–Kier alpha value is -1.26. The number of benzene rings is 1. The second kappa shape index (κ2) is 5.59. The molecule has 98 valence electrons. The van der Waals surface area contributed by atoms with Crippen LogP contribution in [0.15, 0.2) is 18.2 Å². The Bertz CT molecular complexity index is 444. The number of hydrogen-bond donors (Lipinski definition) is 2. The molecule has 0 aromatic heterocycles. The van der Waals surface area contributed by atoms with Gasteiger partial charge in [0.05, 0.1) is 5.02 Å². The Kier molecular flexibility index (Phi) is 4.09. The summed E-state index contributed by atoms with van der Waals surface area (Å²) in [4.78, 5) is 13.4. The molecule has 1 atom stereocenters. The van der Waals surface area contributed by atoms with Crippen LogP contribution in [0.3, 0.4) is 0 Å². The number of carboxylic acids is 1. The van der Waals surface area contributed by atoms with Gasteiger partial charge in [0.2, 0.25) is 0 Å². The van der Waals surface area contributed by atoms with E-state index in [9.17, 15) is 15.0 Å². The van der Waals surface area contributed by atoms with Gasteiger partial charge in [-0.2, -0.15) is 0 Å². The van der Waals surface area contributed by atoms with Crippen LogP contribution in [0, 0.1) is 0 Å². The van der Waals surface area contributed by atoms with E-state index in [4.69, 9.17) is 11.6 Å². The molecule has 1 aliphatic heterocycles. The quantitative estimate of drug-likeness (QED) is 0.886. The molecule has 0 bridgehead atoms. The van der Waals surface area contributed by atoms with Crippen LogP contribution >= 0.6 is 11.6 Å². The van der Waals surface area contributed by atoms with Gasteiger partial charge in [-0.15, -0.1) is 0 Å². The van der Waals surface area contributed by atoms with Crippen LogP contribution in [-0.4, -0.2) is 34.2 Å². The van der Waals surface area contributed by atoms with Gasteiger partial charge in [0.1, 0.15) is 11.8 Å². The van der Waals surface area contributed by atoms with Crippen molar-refractivity contribution in [2.45, 2.75) is 25.3 Å². The smallest absolute Gasteiger partial charge is 0.325 e. The predicted molar refractivity (Wildman–Crippen MR) is 68.9 cm³/mol. The van der Waals surface area contributed by atoms with Crippen LogP contribution in [0.5, 0.6) is 5.75 Å². The Morgan fingerprint density at radius 1 is 1.28 bits per heavy atom. The molecule has 1 unspecified atom stereocenters. The van der Waals surface area contributed by atoms with Crippen molar-refractivity contribution in [1.29, 1.82) is 0 Å². The van der Waals surface area contributed by atoms with Crippen LogP contribution in [0.2, 0.25) is 5.02 Å². The number of piperidine rings is 1. The van der Waals surface area contributed by atoms with Crippen molar-refractivity contribution in [3.63, 3.8) is 0 Å². The zero-order valence-corrected chi connectivity index (χ0v) is 10.7. The van der Waals surface area contributed by atoms with Gasteiger partial charge in [-0.1, -0.05) is 24.1 Å². The normalized spacial score (nSPS) is 18.5. The number of carbonyl (C=O) groups is 1. The highest BCUT2D eigenvalue weighted by Gasteiger charge is 2.28. The van der Waals surface area contributed by atoms with Crippen LogP contribution < -0.4 is 0 Å². The molecule has 0 spiro atoms. The lowest BCUT2D eigenvalue weighted by Crippen LogP contribution is -2.37. The Labute approximate surface area is 111 Å². The molecule has 1 fully saturated rings. The van der Waals surface area contributed by atoms with Crippen LogP contribution in [-0.2, 0) is 4.79 Å². The van der Waals surface area contributed by atoms with Crippen molar-refractivity contribution in [1.82, 2.24) is 4.90 Å². The molecule has 0 radical (unpaired) electrons. The molecule has 2 N–H and O–H groups in total. The maximum Gasteiger partial charge on any atom is 0.325 e. The number of nitrogens with zero attached hydrogens (tertiary/aromatic N) is 1. The molecule has 2 rings (SSSR count). The highest BCUT2D eigenvalue weighted by molar-refractivity contribution is 6.32. The summed E-state index contributed by atoms with van der Waals surface area (Å²) in [7, 11) is 0. The third kappa shape index (κ3) is 2.76. The molecule has 5 heteroatoms. The average Bonchev–Trinajstić information content (AvgIpc) is 2.35. The zero-order chi connectivity index (χ0) is 13.1. The molecule has 0 saturated carbocycles. The third-order valence-electron chi connectivity index (χ3n) is 3.28. The van der Waals surface area contributed by atoms with Gasteiger partial charge in [-0.3, -0.25) is 9.69 Å². The van der Waals surface area contributed by atoms with Crippen molar-refractivity contribution in [3.05, 3.63) is 28.8 Å². The second-order valence-electron chi connectivity index (χ2n) is 4.55. The standard InChI is InChI=1S/C13H16ClNO3/c14-10-8-9(4-5-11(10)16)12(13(17)18)15-6-2-1-3-7-15/h4-5,8,12,16H,1-3,6-7H2,(H,17,18). The largest absolute Gasteiger partial charge is 0.506 e. The number of carboxylic acid groups (broad SMARTS) is 1. The summed E-state index contributed by atoms with van der Waals surface area (Å²) < 4.78 is 0. The lowest BCUT2D eigenvalue weighted by atomic mass is 10.0. The number of halogens is 1. The lowest BCUT2D eigenvalue weighted by molar-refractivity contribution is -0.144. The van der Waals surface area contributed by atoms with E-state index in [1.54, 1.807) is 6.07 Å². The Morgan fingerprint density at radius 2 is 1.94 bits per heavy atom. The first kappa shape index (κ1) is 13.2. The van der Waals surface area contributed by atoms with Crippen molar-refractivity contribution in [2.24, 2.45) is 0 Å². The van der Waals surface area contributed by atoms with Gasteiger partial charge in [-0.05, 0) is 43.6 Å². The zero-order valence-electron chi connectivity index (χ0n) is 9.97. The minimum Gasteiger partial charge on any atom is -0.506 e. The van der Waals surface area contributed by atoms with Gasteiger partial charge in [-0.25, -0.2) is 0 Å². The molecule has 0 amide bonds. The van der Waals surface area contributed by atoms with E-state index in [-0.39, 0.29) is 10.8 Å². The van der Waals surface area contributed by atoms with Crippen molar-refractivity contribution < 1.29 is 15.0 Å². The van der Waals surface area contributed by atoms with Gasteiger partial charge in [0.15, 0.2) is 0 Å². The van der Waals surface area contributed by atoms with Gasteiger partial charge in [0, 0.05) is 0 Å². The van der Waals surface area contributed by atoms with E-state index < -0.39 is 12.0 Å². The summed E-state index contributed by atoms with van der Waals surface area (Å²) in [6.07, 6.45) is 3.20. The fraction of sp³-hybridized carbons (Fsp3) is 0.462. The summed E-state index contributed by atoms with van der Waals surface area (Å²) in [5.74, 6) is -0.901. The van der Waals surface area contributed by atoms with E-state index in [0.717, 1.165) is 32.4 Å². The molecule has 18 heavy (non-hydrogen) atoms. The summed E-state index contributed by atoms with van der Waals surface area (Å²) in [6.45, 7) is 1.57. The number of aromatic hydroxyl groups is 1. The third-order valence-corrected chi connectivity index (χ3v) is 3.58. The molecule has 4 nitrogen and oxygen atoms in total. The Balaban J connectivity index is 2.28. The average molecular weight is 270 g/mol. The maximum atomic E-state index is 11.4. The second-order valence-corrected chi connectivity index (χ2v) is 4.96. The van der Waals surface area contributed by atoms with Crippen LogP contribution in [0.4, 0.5) is 0 Å². The maximum absolute atomic E-state index is 11.4. The fourth-order valence-corrected chi connectivity index (χ4v) is 2.57. The molecule has 1 saturated heterocycles. The van der Waals surface area contributed by atoms with Crippen molar-refractivity contribution in [3.8, 4) is 5.75 Å². The van der Waals surface area contributed by atoms with Gasteiger partial charge < -0.3 is 10.2 Å². The van der Waals surface area contributed by atoms with Crippen LogP contribution in [0.1, 0.15) is 30.9 Å². The first-order valence-corrected chi connectivity index (χ1v) is 6.42. The van der Waals surface area contributed by atoms with Crippen molar-refractivity contribution >= 4 is 17.6 Å². The number of rotatable bonds is 3. The first-order chi connectivity index (χ1) is 8.59. The van der Waals surface area contributed by atoms with Crippen molar-refractivity contribution in [2.75, 3.05) is 13.1 Å². The minimum atomic E-state index is -0.876. The topological polar surface area (TPSA) is 60.8 Å². The van der Waals surface area contributed by atoms with Gasteiger partial charge in [0.25, 0.3) is 0 Å². The van der Waals surface area contributed by atoms with E-state index in [1.165, 1.54) is 12.1 Å². The van der Waals surface area contributed by atoms with E-state index >= 15 is 0 Å². The molecule has 1 aromatic carbocycles. The number of aliphatic carboxylic acids is 1. The monoisotopic (exact) mass is 269 g/mol. The SMILES string of the molecule is O=C(O)C(c1ccc(O)c(Cl)c1)N1CCCCC1. The number of phenols is 1. The molecular formula is C13H16ClNO3. The summed E-state index contributed by atoms with van der Waals surface area (Å²) in [6, 6.07) is 3.92. The van der Waals surface area contributed by atoms with E-state index in [1.807, 2.05) is 4.90 Å². The van der Waals surface area contributed by atoms with Crippen LogP contribution in [0.25, 0.3) is 0 Å². The molecular weight excluding hydrogens is 254 g/mol. The molecule has 0 aliphatic carbocycles. The number of phenolic OH excluding ortho intramolecular Hbond substituents is 1. The number of likely N-dealkylation sites (tertiary alicyclic amines) is 1. The van der Waals surface area contributed by atoms with Gasteiger partial charge >= 0.3 is 5.97 Å². The summed E-state index contributed by atoms with van der Waals surface area (Å²) >= 11 is 5.84. The molecule has 1 heterocycles.